The Morgan fingerprint density at radius 2 is 2.30 bits per heavy atom. The molecule has 1 atom stereocenters. The molecular formula is C9H14O. The minimum atomic E-state index is -0.219. The van der Waals surface area contributed by atoms with Crippen LogP contribution < -0.4 is 0 Å². The second-order valence-electron chi connectivity index (χ2n) is 2.65. The molecule has 0 saturated carbocycles. The molecule has 0 saturated heterocycles. The highest BCUT2D eigenvalue weighted by molar-refractivity contribution is 4.98. The third kappa shape index (κ3) is 2.67. The zero-order valence-corrected chi connectivity index (χ0v) is 6.43. The molecule has 0 bridgehead atoms. The molecule has 0 rings (SSSR count). The van der Waals surface area contributed by atoms with E-state index in [0.717, 1.165) is 6.42 Å². The predicted octanol–water partition coefficient (Wildman–Crippen LogP) is 1.90. The maximum Gasteiger partial charge on any atom is 0.0528 e. The van der Waals surface area contributed by atoms with E-state index in [1.54, 1.807) is 12.2 Å². The maximum atomic E-state index is 8.90. The van der Waals surface area contributed by atoms with Crippen LogP contribution in [0.3, 0.4) is 0 Å². The van der Waals surface area contributed by atoms with Crippen molar-refractivity contribution in [1.82, 2.24) is 0 Å². The molecule has 56 valence electrons. The fraction of sp³-hybridized carbons (Fsp3) is 0.444. The van der Waals surface area contributed by atoms with Gasteiger partial charge in [0.2, 0.25) is 0 Å². The summed E-state index contributed by atoms with van der Waals surface area (Å²) in [6.45, 7) is 9.10. The summed E-state index contributed by atoms with van der Waals surface area (Å²) >= 11 is 0. The van der Waals surface area contributed by atoms with Crippen molar-refractivity contribution in [1.29, 1.82) is 0 Å². The van der Waals surface area contributed by atoms with Crippen molar-refractivity contribution in [2.75, 3.05) is 6.61 Å². The molecule has 0 aromatic rings. The smallest absolute Gasteiger partial charge is 0.0528 e. The molecule has 0 heterocycles. The highest BCUT2D eigenvalue weighted by atomic mass is 16.3. The second kappa shape index (κ2) is 4.10. The van der Waals surface area contributed by atoms with E-state index in [0.29, 0.717) is 0 Å². The van der Waals surface area contributed by atoms with Crippen molar-refractivity contribution in [2.24, 2.45) is 5.41 Å². The summed E-state index contributed by atoms with van der Waals surface area (Å²) in [6.07, 6.45) is 4.31. The standard InChI is InChI=1S/C9H14O/c1-4-6-9(3,8-10)7-5-2/h4,7,10H,1-2,6,8H2,3H3. The lowest BCUT2D eigenvalue weighted by Gasteiger charge is -2.19. The molecule has 0 radical (unpaired) electrons. The predicted molar refractivity (Wildman–Crippen MR) is 43.7 cm³/mol. The van der Waals surface area contributed by atoms with E-state index in [1.165, 1.54) is 0 Å². The van der Waals surface area contributed by atoms with E-state index in [4.69, 9.17) is 5.11 Å². The van der Waals surface area contributed by atoms with Crippen molar-refractivity contribution in [3.05, 3.63) is 31.0 Å². The van der Waals surface area contributed by atoms with Gasteiger partial charge in [-0.3, -0.25) is 0 Å². The van der Waals surface area contributed by atoms with E-state index in [-0.39, 0.29) is 12.0 Å². The molecule has 0 aromatic heterocycles. The lowest BCUT2D eigenvalue weighted by molar-refractivity contribution is 0.187. The molecule has 1 N–H and O–H groups in total. The van der Waals surface area contributed by atoms with Crippen molar-refractivity contribution < 1.29 is 5.11 Å². The van der Waals surface area contributed by atoms with Crippen LogP contribution in [-0.4, -0.2) is 11.7 Å². The lowest BCUT2D eigenvalue weighted by atomic mass is 9.88. The fourth-order valence-electron chi connectivity index (χ4n) is 0.745. The van der Waals surface area contributed by atoms with E-state index in [2.05, 4.69) is 18.9 Å². The van der Waals surface area contributed by atoms with Crippen LogP contribution in [0.25, 0.3) is 0 Å². The zero-order chi connectivity index (χ0) is 8.04. The van der Waals surface area contributed by atoms with Gasteiger partial charge in [-0.1, -0.05) is 19.6 Å². The molecule has 1 heteroatoms. The first kappa shape index (κ1) is 9.22. The molecule has 0 aliphatic carbocycles. The summed E-state index contributed by atoms with van der Waals surface area (Å²) in [5.41, 5.74) is 2.44. The van der Waals surface area contributed by atoms with Crippen LogP contribution in [0.5, 0.6) is 0 Å². The van der Waals surface area contributed by atoms with Gasteiger partial charge in [0.15, 0.2) is 0 Å². The summed E-state index contributed by atoms with van der Waals surface area (Å²) in [4.78, 5) is 0. The maximum absolute atomic E-state index is 8.90. The molecule has 1 nitrogen and oxygen atoms in total. The van der Waals surface area contributed by atoms with E-state index >= 15 is 0 Å². The molecule has 0 aliphatic heterocycles. The number of aliphatic hydroxyl groups excluding tert-OH is 1. The Bertz CT molecular complexity index is 154. The number of aliphatic hydroxyl groups is 1. The fourth-order valence-corrected chi connectivity index (χ4v) is 0.745. The van der Waals surface area contributed by atoms with Gasteiger partial charge in [0.1, 0.15) is 0 Å². The van der Waals surface area contributed by atoms with Gasteiger partial charge in [0.25, 0.3) is 0 Å². The normalized spacial score (nSPS) is 15.0. The minimum Gasteiger partial charge on any atom is -0.395 e. The first-order chi connectivity index (χ1) is 4.68. The van der Waals surface area contributed by atoms with Crippen LogP contribution >= 0.6 is 0 Å². The first-order valence-corrected chi connectivity index (χ1v) is 3.27. The summed E-state index contributed by atoms with van der Waals surface area (Å²) in [7, 11) is 0. The van der Waals surface area contributed by atoms with Crippen LogP contribution in [0.15, 0.2) is 31.0 Å². The summed E-state index contributed by atoms with van der Waals surface area (Å²) in [6, 6.07) is 0. The van der Waals surface area contributed by atoms with Gasteiger partial charge in [0.05, 0.1) is 6.61 Å². The largest absolute Gasteiger partial charge is 0.395 e. The van der Waals surface area contributed by atoms with Crippen molar-refractivity contribution in [2.45, 2.75) is 13.3 Å². The Kier molecular flexibility index (Phi) is 3.78. The SMILES string of the molecule is C=C=CC(C)(CO)CC=C. The molecule has 0 aliphatic rings. The molecular weight excluding hydrogens is 124 g/mol. The van der Waals surface area contributed by atoms with E-state index in [1.807, 2.05) is 6.92 Å². The van der Waals surface area contributed by atoms with Gasteiger partial charge in [-0.05, 0) is 12.5 Å². The molecule has 0 spiro atoms. The van der Waals surface area contributed by atoms with Crippen LogP contribution in [0.2, 0.25) is 0 Å². The first-order valence-electron chi connectivity index (χ1n) is 3.27. The molecule has 10 heavy (non-hydrogen) atoms. The van der Waals surface area contributed by atoms with Crippen LogP contribution in [0.1, 0.15) is 13.3 Å². The highest BCUT2D eigenvalue weighted by Crippen LogP contribution is 2.21. The van der Waals surface area contributed by atoms with Gasteiger partial charge in [-0.15, -0.1) is 12.3 Å². The van der Waals surface area contributed by atoms with E-state index < -0.39 is 0 Å². The Labute approximate surface area is 62.4 Å². The lowest BCUT2D eigenvalue weighted by Crippen LogP contribution is -2.16. The quantitative estimate of drug-likeness (QED) is 0.464. The van der Waals surface area contributed by atoms with Gasteiger partial charge in [-0.2, -0.15) is 0 Å². The summed E-state index contributed by atoms with van der Waals surface area (Å²) in [5.74, 6) is 0. The molecule has 0 fully saturated rings. The van der Waals surface area contributed by atoms with Crippen molar-refractivity contribution in [3.63, 3.8) is 0 Å². The number of rotatable bonds is 4. The van der Waals surface area contributed by atoms with Crippen molar-refractivity contribution >= 4 is 0 Å². The molecule has 0 aromatic carbocycles. The summed E-state index contributed by atoms with van der Waals surface area (Å²) in [5, 5.41) is 8.90. The van der Waals surface area contributed by atoms with Crippen LogP contribution in [0, 0.1) is 5.41 Å². The second-order valence-corrected chi connectivity index (χ2v) is 2.65. The Balaban J connectivity index is 4.20. The zero-order valence-electron chi connectivity index (χ0n) is 6.43. The van der Waals surface area contributed by atoms with Gasteiger partial charge >= 0.3 is 0 Å². The number of allylic oxidation sites excluding steroid dienone is 1. The van der Waals surface area contributed by atoms with Crippen LogP contribution in [0.4, 0.5) is 0 Å². The minimum absolute atomic E-state index is 0.113. The third-order valence-corrected chi connectivity index (χ3v) is 1.42. The topological polar surface area (TPSA) is 20.2 Å². The Hall–Kier alpha value is -0.780. The number of hydrogen-bond donors (Lipinski definition) is 1. The van der Waals surface area contributed by atoms with E-state index in [9.17, 15) is 0 Å². The van der Waals surface area contributed by atoms with Crippen molar-refractivity contribution in [3.8, 4) is 0 Å². The van der Waals surface area contributed by atoms with Gasteiger partial charge < -0.3 is 5.11 Å². The Morgan fingerprint density at radius 3 is 2.60 bits per heavy atom. The van der Waals surface area contributed by atoms with Gasteiger partial charge in [-0.25, -0.2) is 0 Å². The van der Waals surface area contributed by atoms with Gasteiger partial charge in [0, 0.05) is 5.41 Å². The molecule has 1 unspecified atom stereocenters. The Morgan fingerprint density at radius 1 is 1.70 bits per heavy atom. The third-order valence-electron chi connectivity index (χ3n) is 1.42. The highest BCUT2D eigenvalue weighted by Gasteiger charge is 2.16. The number of hydrogen-bond acceptors (Lipinski definition) is 1. The molecule has 0 amide bonds. The van der Waals surface area contributed by atoms with Crippen LogP contribution in [-0.2, 0) is 0 Å². The average Bonchev–Trinajstić information content (AvgIpc) is 1.89. The average molecular weight is 138 g/mol. The monoisotopic (exact) mass is 138 g/mol. The summed E-state index contributed by atoms with van der Waals surface area (Å²) < 4.78 is 0.